The zero-order chi connectivity index (χ0) is 13.4. The number of hydrogen-bond acceptors (Lipinski definition) is 4. The van der Waals surface area contributed by atoms with E-state index in [4.69, 9.17) is 9.47 Å². The quantitative estimate of drug-likeness (QED) is 0.755. The Morgan fingerprint density at radius 1 is 1.11 bits per heavy atom. The number of H-pyrrole nitrogens is 2. The van der Waals surface area contributed by atoms with Crippen LogP contribution in [0.4, 0.5) is 0 Å². The molecule has 2 N–H and O–H groups in total. The number of methoxy groups -OCH3 is 2. The maximum absolute atomic E-state index is 5.28. The monoisotopic (exact) mass is 258 g/mol. The van der Waals surface area contributed by atoms with Crippen molar-refractivity contribution in [3.63, 3.8) is 0 Å². The Balaban J connectivity index is 2.18. The number of aromatic amines is 2. The molecule has 98 valence electrons. The predicted molar refractivity (Wildman–Crippen MR) is 71.5 cm³/mol. The number of hydrogen-bond donors (Lipinski definition) is 2. The van der Waals surface area contributed by atoms with E-state index in [0.29, 0.717) is 11.5 Å². The molecule has 0 atom stereocenters. The van der Waals surface area contributed by atoms with Crippen molar-refractivity contribution in [2.45, 2.75) is 6.92 Å². The van der Waals surface area contributed by atoms with E-state index in [1.54, 1.807) is 20.4 Å². The molecule has 2 aromatic heterocycles. The summed E-state index contributed by atoms with van der Waals surface area (Å²) in [7, 11) is 3.22. The Kier molecular flexibility index (Phi) is 2.63. The lowest BCUT2D eigenvalue weighted by atomic mass is 10.2. The summed E-state index contributed by atoms with van der Waals surface area (Å²) in [5.74, 6) is 2.11. The molecule has 0 unspecified atom stereocenters. The van der Waals surface area contributed by atoms with Crippen molar-refractivity contribution in [2.75, 3.05) is 14.2 Å². The number of nitrogens with zero attached hydrogens (tertiary/aromatic N) is 2. The number of fused-ring (bicyclic) bond motifs is 1. The Labute approximate surface area is 109 Å². The fourth-order valence-corrected chi connectivity index (χ4v) is 2.05. The predicted octanol–water partition coefficient (Wildman–Crippen LogP) is 2.28. The molecule has 0 fully saturated rings. The second-order valence-electron chi connectivity index (χ2n) is 4.22. The van der Waals surface area contributed by atoms with E-state index in [1.807, 2.05) is 19.1 Å². The van der Waals surface area contributed by atoms with Gasteiger partial charge in [-0.05, 0) is 6.92 Å². The number of rotatable bonds is 3. The van der Waals surface area contributed by atoms with Gasteiger partial charge in [0.25, 0.3) is 0 Å². The molecular formula is C13H14N4O2. The van der Waals surface area contributed by atoms with Crippen molar-refractivity contribution in [3.05, 3.63) is 24.0 Å². The Hall–Kier alpha value is -2.50. The molecule has 0 radical (unpaired) electrons. The SMILES string of the molecule is COc1cc2nc(-c3cn[nH]c3C)[nH]c2cc1OC. The Bertz CT molecular complexity index is 688. The van der Waals surface area contributed by atoms with Crippen LogP contribution in [0.2, 0.25) is 0 Å². The third-order valence-electron chi connectivity index (χ3n) is 3.07. The summed E-state index contributed by atoms with van der Waals surface area (Å²) < 4.78 is 10.5. The second kappa shape index (κ2) is 4.31. The highest BCUT2D eigenvalue weighted by Crippen LogP contribution is 2.32. The average molecular weight is 258 g/mol. The molecule has 0 saturated carbocycles. The van der Waals surface area contributed by atoms with Crippen LogP contribution < -0.4 is 9.47 Å². The normalized spacial score (nSPS) is 10.9. The third-order valence-corrected chi connectivity index (χ3v) is 3.07. The van der Waals surface area contributed by atoms with Crippen LogP contribution in [0.25, 0.3) is 22.4 Å². The Morgan fingerprint density at radius 3 is 2.47 bits per heavy atom. The lowest BCUT2D eigenvalue weighted by molar-refractivity contribution is 0.356. The van der Waals surface area contributed by atoms with Crippen LogP contribution in [0, 0.1) is 6.92 Å². The smallest absolute Gasteiger partial charge is 0.163 e. The van der Waals surface area contributed by atoms with E-state index in [9.17, 15) is 0 Å². The molecule has 6 heteroatoms. The standard InChI is InChI=1S/C13H14N4O2/c1-7-8(6-14-17-7)13-15-9-4-11(18-2)12(19-3)5-10(9)16-13/h4-6H,1-3H3,(H,14,17)(H,15,16). The van der Waals surface area contributed by atoms with Crippen LogP contribution >= 0.6 is 0 Å². The van der Waals surface area contributed by atoms with E-state index in [-0.39, 0.29) is 0 Å². The van der Waals surface area contributed by atoms with Gasteiger partial charge in [0.15, 0.2) is 11.5 Å². The van der Waals surface area contributed by atoms with Gasteiger partial charge >= 0.3 is 0 Å². The first kappa shape index (κ1) is 11.6. The van der Waals surface area contributed by atoms with Crippen LogP contribution in [0.5, 0.6) is 11.5 Å². The van der Waals surface area contributed by atoms with Gasteiger partial charge in [0.05, 0.1) is 37.0 Å². The molecule has 1 aromatic carbocycles. The number of aryl methyl sites for hydroxylation is 1. The van der Waals surface area contributed by atoms with Gasteiger partial charge in [-0.2, -0.15) is 5.10 Å². The molecule has 19 heavy (non-hydrogen) atoms. The van der Waals surface area contributed by atoms with Gasteiger partial charge in [-0.15, -0.1) is 0 Å². The molecule has 3 rings (SSSR count). The number of benzene rings is 1. The first-order chi connectivity index (χ1) is 9.22. The molecule has 0 aliphatic carbocycles. The largest absolute Gasteiger partial charge is 0.493 e. The minimum absolute atomic E-state index is 0.664. The molecule has 0 saturated heterocycles. The zero-order valence-electron chi connectivity index (χ0n) is 10.9. The van der Waals surface area contributed by atoms with Crippen LogP contribution in [0.3, 0.4) is 0 Å². The summed E-state index contributed by atoms with van der Waals surface area (Å²) in [6.45, 7) is 1.96. The molecule has 0 amide bonds. The lowest BCUT2D eigenvalue weighted by Gasteiger charge is -2.06. The van der Waals surface area contributed by atoms with Crippen molar-refractivity contribution >= 4 is 11.0 Å². The van der Waals surface area contributed by atoms with Crippen molar-refractivity contribution < 1.29 is 9.47 Å². The van der Waals surface area contributed by atoms with E-state index < -0.39 is 0 Å². The van der Waals surface area contributed by atoms with E-state index >= 15 is 0 Å². The van der Waals surface area contributed by atoms with Crippen molar-refractivity contribution in [1.82, 2.24) is 20.2 Å². The van der Waals surface area contributed by atoms with Crippen LogP contribution in [0.1, 0.15) is 5.69 Å². The maximum Gasteiger partial charge on any atom is 0.163 e. The first-order valence-electron chi connectivity index (χ1n) is 5.85. The zero-order valence-corrected chi connectivity index (χ0v) is 10.9. The van der Waals surface area contributed by atoms with Crippen LogP contribution in [0.15, 0.2) is 18.3 Å². The number of nitrogens with one attached hydrogen (secondary N) is 2. The summed E-state index contributed by atoms with van der Waals surface area (Å²) in [5.41, 5.74) is 3.65. The minimum Gasteiger partial charge on any atom is -0.493 e. The van der Waals surface area contributed by atoms with Gasteiger partial charge in [-0.3, -0.25) is 5.10 Å². The molecule has 0 bridgehead atoms. The molecule has 0 spiro atoms. The molecule has 0 aliphatic heterocycles. The third kappa shape index (κ3) is 1.81. The molecule has 0 aliphatic rings. The topological polar surface area (TPSA) is 75.8 Å². The summed E-state index contributed by atoms with van der Waals surface area (Å²) >= 11 is 0. The van der Waals surface area contributed by atoms with Crippen LogP contribution in [-0.2, 0) is 0 Å². The summed E-state index contributed by atoms with van der Waals surface area (Å²) in [6, 6.07) is 3.73. The molecule has 2 heterocycles. The number of aromatic nitrogens is 4. The average Bonchev–Trinajstić information content (AvgIpc) is 3.01. The highest BCUT2D eigenvalue weighted by Gasteiger charge is 2.12. The van der Waals surface area contributed by atoms with Gasteiger partial charge in [-0.1, -0.05) is 0 Å². The van der Waals surface area contributed by atoms with Gasteiger partial charge in [-0.25, -0.2) is 4.98 Å². The van der Waals surface area contributed by atoms with Crippen molar-refractivity contribution in [2.24, 2.45) is 0 Å². The molecule has 6 nitrogen and oxygen atoms in total. The number of imidazole rings is 1. The fourth-order valence-electron chi connectivity index (χ4n) is 2.05. The highest BCUT2D eigenvalue weighted by molar-refractivity contribution is 5.83. The lowest BCUT2D eigenvalue weighted by Crippen LogP contribution is -1.89. The van der Waals surface area contributed by atoms with Crippen LogP contribution in [-0.4, -0.2) is 34.4 Å². The first-order valence-corrected chi connectivity index (χ1v) is 5.85. The van der Waals surface area contributed by atoms with Gasteiger partial charge < -0.3 is 14.5 Å². The highest BCUT2D eigenvalue weighted by atomic mass is 16.5. The van der Waals surface area contributed by atoms with E-state index in [0.717, 1.165) is 28.1 Å². The summed E-state index contributed by atoms with van der Waals surface area (Å²) in [5, 5.41) is 6.90. The van der Waals surface area contributed by atoms with Crippen molar-refractivity contribution in [1.29, 1.82) is 0 Å². The maximum atomic E-state index is 5.28. The molecule has 3 aromatic rings. The van der Waals surface area contributed by atoms with Gasteiger partial charge in [0, 0.05) is 17.8 Å². The minimum atomic E-state index is 0.664. The van der Waals surface area contributed by atoms with Crippen molar-refractivity contribution in [3.8, 4) is 22.9 Å². The summed E-state index contributed by atoms with van der Waals surface area (Å²) in [4.78, 5) is 7.81. The Morgan fingerprint density at radius 2 is 1.84 bits per heavy atom. The van der Waals surface area contributed by atoms with Gasteiger partial charge in [0.1, 0.15) is 5.82 Å². The fraction of sp³-hybridized carbons (Fsp3) is 0.231. The van der Waals surface area contributed by atoms with E-state index in [2.05, 4.69) is 20.2 Å². The second-order valence-corrected chi connectivity index (χ2v) is 4.22. The molecular weight excluding hydrogens is 244 g/mol. The van der Waals surface area contributed by atoms with Gasteiger partial charge in [0.2, 0.25) is 0 Å². The van der Waals surface area contributed by atoms with E-state index in [1.165, 1.54) is 0 Å². The summed E-state index contributed by atoms with van der Waals surface area (Å²) in [6.07, 6.45) is 1.75. The number of ether oxygens (including phenoxy) is 2.